The topological polar surface area (TPSA) is 91.8 Å². The highest BCUT2D eigenvalue weighted by atomic mass is 16.2. The summed E-state index contributed by atoms with van der Waals surface area (Å²) < 4.78 is 1.23. The first-order chi connectivity index (χ1) is 10.6. The van der Waals surface area contributed by atoms with Crippen molar-refractivity contribution in [3.63, 3.8) is 0 Å². The van der Waals surface area contributed by atoms with Gasteiger partial charge in [0.2, 0.25) is 5.95 Å². The second-order valence-electron chi connectivity index (χ2n) is 6.52. The lowest BCUT2D eigenvalue weighted by Gasteiger charge is -2.28. The molecule has 1 aliphatic carbocycles. The molecule has 7 nitrogen and oxygen atoms in total. The lowest BCUT2D eigenvalue weighted by Crippen LogP contribution is -2.42. The number of aromatic nitrogens is 3. The van der Waals surface area contributed by atoms with Gasteiger partial charge in [0.05, 0.1) is 6.04 Å². The van der Waals surface area contributed by atoms with E-state index < -0.39 is 5.69 Å². The van der Waals surface area contributed by atoms with E-state index in [1.165, 1.54) is 36.7 Å². The summed E-state index contributed by atoms with van der Waals surface area (Å²) in [6, 6.07) is 0.125. The number of H-pyrrole nitrogens is 1. The molecule has 0 aromatic carbocycles. The van der Waals surface area contributed by atoms with E-state index in [1.807, 2.05) is 0 Å². The molecule has 0 spiro atoms. The first-order valence-electron chi connectivity index (χ1n) is 8.35. The molecule has 3 rings (SSSR count). The van der Waals surface area contributed by atoms with Crippen LogP contribution in [0.1, 0.15) is 51.5 Å². The van der Waals surface area contributed by atoms with Gasteiger partial charge in [-0.15, -0.1) is 0 Å². The van der Waals surface area contributed by atoms with Crippen LogP contribution in [-0.2, 0) is 0 Å². The third-order valence-electron chi connectivity index (χ3n) is 4.98. The van der Waals surface area contributed by atoms with Crippen LogP contribution in [0.15, 0.2) is 9.59 Å². The van der Waals surface area contributed by atoms with Crippen LogP contribution >= 0.6 is 0 Å². The molecule has 1 aromatic heterocycles. The van der Waals surface area contributed by atoms with Gasteiger partial charge in [0.1, 0.15) is 0 Å². The van der Waals surface area contributed by atoms with E-state index in [0.717, 1.165) is 13.0 Å². The normalized spacial score (nSPS) is 24.3. The zero-order chi connectivity index (χ0) is 15.5. The maximum Gasteiger partial charge on any atom is 0.355 e. The molecule has 0 bridgehead atoms. The van der Waals surface area contributed by atoms with Crippen molar-refractivity contribution in [3.05, 3.63) is 21.0 Å². The molecule has 2 heterocycles. The van der Waals surface area contributed by atoms with Crippen LogP contribution < -0.4 is 22.0 Å². The minimum Gasteiger partial charge on any atom is -0.353 e. The zero-order valence-corrected chi connectivity index (χ0v) is 13.1. The number of nitrogens with one attached hydrogen (secondary N) is 3. The minimum atomic E-state index is -0.462. The smallest absolute Gasteiger partial charge is 0.353 e. The predicted molar refractivity (Wildman–Crippen MR) is 85.3 cm³/mol. The van der Waals surface area contributed by atoms with Crippen LogP contribution in [0, 0.1) is 5.92 Å². The fraction of sp³-hybridized carbons (Fsp3) is 0.800. The number of nitrogens with zero attached hydrogens (tertiary/aromatic N) is 2. The molecule has 2 fully saturated rings. The average Bonchev–Trinajstić information content (AvgIpc) is 3.01. The summed E-state index contributed by atoms with van der Waals surface area (Å²) in [6.45, 7) is 3.58. The second-order valence-corrected chi connectivity index (χ2v) is 6.52. The maximum absolute atomic E-state index is 12.2. The van der Waals surface area contributed by atoms with Gasteiger partial charge in [-0.2, -0.15) is 4.98 Å². The molecular formula is C15H25N5O2. The van der Waals surface area contributed by atoms with Gasteiger partial charge in [0.15, 0.2) is 0 Å². The van der Waals surface area contributed by atoms with E-state index in [1.54, 1.807) is 0 Å². The SMILES string of the molecule is C[C@H](Nc1nc(=O)n(C2CCNC2)c(=O)[nH]1)C1CCCCC1. The third-order valence-corrected chi connectivity index (χ3v) is 4.98. The van der Waals surface area contributed by atoms with E-state index in [0.29, 0.717) is 18.4 Å². The zero-order valence-electron chi connectivity index (χ0n) is 13.1. The van der Waals surface area contributed by atoms with Crippen molar-refractivity contribution < 1.29 is 0 Å². The average molecular weight is 307 g/mol. The Labute approximate surface area is 129 Å². The molecule has 22 heavy (non-hydrogen) atoms. The van der Waals surface area contributed by atoms with E-state index in [-0.39, 0.29) is 17.8 Å². The number of anilines is 1. The molecule has 3 N–H and O–H groups in total. The molecular weight excluding hydrogens is 282 g/mol. The van der Waals surface area contributed by atoms with Gasteiger partial charge in [0, 0.05) is 12.6 Å². The second kappa shape index (κ2) is 6.64. The molecule has 0 radical (unpaired) electrons. The largest absolute Gasteiger partial charge is 0.355 e. The molecule has 1 saturated heterocycles. The van der Waals surface area contributed by atoms with Gasteiger partial charge in [-0.25, -0.2) is 14.2 Å². The lowest BCUT2D eigenvalue weighted by molar-refractivity contribution is 0.327. The monoisotopic (exact) mass is 307 g/mol. The Kier molecular flexibility index (Phi) is 4.61. The van der Waals surface area contributed by atoms with Crippen LogP contribution in [-0.4, -0.2) is 33.7 Å². The fourth-order valence-corrected chi connectivity index (χ4v) is 3.64. The molecule has 1 saturated carbocycles. The summed E-state index contributed by atoms with van der Waals surface area (Å²) >= 11 is 0. The molecule has 1 aromatic rings. The van der Waals surface area contributed by atoms with Gasteiger partial charge in [0.25, 0.3) is 0 Å². The minimum absolute atomic E-state index is 0.0893. The quantitative estimate of drug-likeness (QED) is 0.767. The Hall–Kier alpha value is -1.63. The molecule has 1 unspecified atom stereocenters. The van der Waals surface area contributed by atoms with Crippen molar-refractivity contribution in [2.24, 2.45) is 5.92 Å². The van der Waals surface area contributed by atoms with Crippen LogP contribution in [0.5, 0.6) is 0 Å². The van der Waals surface area contributed by atoms with E-state index in [2.05, 4.69) is 27.5 Å². The molecule has 2 aliphatic rings. The molecule has 7 heteroatoms. The number of rotatable bonds is 4. The van der Waals surface area contributed by atoms with E-state index >= 15 is 0 Å². The fourth-order valence-electron chi connectivity index (χ4n) is 3.64. The van der Waals surface area contributed by atoms with Gasteiger partial charge < -0.3 is 10.6 Å². The van der Waals surface area contributed by atoms with Crippen molar-refractivity contribution in [1.29, 1.82) is 0 Å². The van der Waals surface area contributed by atoms with Crippen molar-refractivity contribution >= 4 is 5.95 Å². The van der Waals surface area contributed by atoms with Gasteiger partial charge in [-0.3, -0.25) is 4.98 Å². The highest BCUT2D eigenvalue weighted by molar-refractivity contribution is 5.23. The maximum atomic E-state index is 12.2. The first-order valence-corrected chi connectivity index (χ1v) is 8.35. The molecule has 1 aliphatic heterocycles. The van der Waals surface area contributed by atoms with Crippen LogP contribution in [0.3, 0.4) is 0 Å². The molecule has 122 valence electrons. The van der Waals surface area contributed by atoms with Gasteiger partial charge in [-0.05, 0) is 38.6 Å². The van der Waals surface area contributed by atoms with Crippen LogP contribution in [0.4, 0.5) is 5.95 Å². The van der Waals surface area contributed by atoms with E-state index in [9.17, 15) is 9.59 Å². The summed E-state index contributed by atoms with van der Waals surface area (Å²) in [5.74, 6) is 0.885. The Morgan fingerprint density at radius 2 is 2.00 bits per heavy atom. The van der Waals surface area contributed by atoms with Crippen molar-refractivity contribution in [3.8, 4) is 0 Å². The van der Waals surface area contributed by atoms with Crippen LogP contribution in [0.25, 0.3) is 0 Å². The first kappa shape index (κ1) is 15.3. The summed E-state index contributed by atoms with van der Waals surface area (Å²) in [4.78, 5) is 31.1. The Balaban J connectivity index is 1.74. The Bertz CT molecular complexity index is 580. The summed E-state index contributed by atoms with van der Waals surface area (Å²) in [5.41, 5.74) is -0.831. The highest BCUT2D eigenvalue weighted by Crippen LogP contribution is 2.27. The summed E-state index contributed by atoms with van der Waals surface area (Å²) in [6.07, 6.45) is 7.01. The predicted octanol–water partition coefficient (Wildman–Crippen LogP) is 0.847. The lowest BCUT2D eigenvalue weighted by atomic mass is 9.85. The van der Waals surface area contributed by atoms with Crippen molar-refractivity contribution in [2.45, 2.75) is 57.5 Å². The number of hydrogen-bond donors (Lipinski definition) is 3. The van der Waals surface area contributed by atoms with Gasteiger partial charge in [-0.1, -0.05) is 19.3 Å². The van der Waals surface area contributed by atoms with Crippen molar-refractivity contribution in [2.75, 3.05) is 18.4 Å². The molecule has 0 amide bonds. The standard InChI is InChI=1S/C15H25N5O2/c1-10(11-5-3-2-4-6-11)17-13-18-14(21)20(15(22)19-13)12-7-8-16-9-12/h10-12,16H,2-9H2,1H3,(H2,17,18,19,21,22)/t10-,12?/m0/s1. The van der Waals surface area contributed by atoms with Gasteiger partial charge >= 0.3 is 11.4 Å². The number of hydrogen-bond acceptors (Lipinski definition) is 5. The number of aromatic amines is 1. The van der Waals surface area contributed by atoms with Crippen LogP contribution in [0.2, 0.25) is 0 Å². The Morgan fingerprint density at radius 1 is 1.23 bits per heavy atom. The summed E-state index contributed by atoms with van der Waals surface area (Å²) in [5, 5.41) is 6.37. The molecule has 2 atom stereocenters. The van der Waals surface area contributed by atoms with Crippen molar-refractivity contribution in [1.82, 2.24) is 19.9 Å². The highest BCUT2D eigenvalue weighted by Gasteiger charge is 2.23. The third kappa shape index (κ3) is 3.24. The summed E-state index contributed by atoms with van der Waals surface area (Å²) in [7, 11) is 0. The Morgan fingerprint density at radius 3 is 2.64 bits per heavy atom. The van der Waals surface area contributed by atoms with E-state index in [4.69, 9.17) is 0 Å².